The predicted octanol–water partition coefficient (Wildman–Crippen LogP) is 3.55. The third-order valence-corrected chi connectivity index (χ3v) is 3.73. The van der Waals surface area contributed by atoms with Crippen LogP contribution in [0.2, 0.25) is 0 Å². The van der Waals surface area contributed by atoms with Crippen LogP contribution in [0.15, 0.2) is 60.9 Å². The van der Waals surface area contributed by atoms with E-state index in [1.165, 1.54) is 19.3 Å². The number of hydrogen-bond donors (Lipinski definition) is 2. The number of carbonyl (C=O) groups excluding carboxylic acids is 2. The number of hydrogen-bond acceptors (Lipinski definition) is 6. The molecule has 0 aliphatic carbocycles. The number of rotatable bonds is 5. The van der Waals surface area contributed by atoms with Crippen molar-refractivity contribution in [3.63, 3.8) is 0 Å². The van der Waals surface area contributed by atoms with Crippen LogP contribution >= 0.6 is 0 Å². The third kappa shape index (κ3) is 4.32. The van der Waals surface area contributed by atoms with Crippen molar-refractivity contribution >= 4 is 29.0 Å². The maximum atomic E-state index is 12.3. The van der Waals surface area contributed by atoms with Gasteiger partial charge in [0.15, 0.2) is 5.78 Å². The summed E-state index contributed by atoms with van der Waals surface area (Å²) < 4.78 is 0. The molecule has 3 aromatic rings. The van der Waals surface area contributed by atoms with Crippen LogP contribution in [0.1, 0.15) is 33.2 Å². The molecule has 1 aromatic heterocycles. The van der Waals surface area contributed by atoms with Crippen LogP contribution in [0, 0.1) is 11.3 Å². The Hall–Kier alpha value is -4.05. The van der Waals surface area contributed by atoms with Crippen LogP contribution < -0.4 is 10.6 Å². The van der Waals surface area contributed by atoms with Crippen LogP contribution in [-0.2, 0) is 0 Å². The van der Waals surface area contributed by atoms with Gasteiger partial charge in [0.25, 0.3) is 5.91 Å². The van der Waals surface area contributed by atoms with Gasteiger partial charge in [0.2, 0.25) is 5.95 Å². The lowest BCUT2D eigenvalue weighted by molar-refractivity contribution is 0.101. The van der Waals surface area contributed by atoms with E-state index in [2.05, 4.69) is 26.7 Å². The third-order valence-electron chi connectivity index (χ3n) is 3.73. The average molecular weight is 357 g/mol. The van der Waals surface area contributed by atoms with Gasteiger partial charge in [-0.2, -0.15) is 5.26 Å². The van der Waals surface area contributed by atoms with Crippen molar-refractivity contribution in [1.82, 2.24) is 9.97 Å². The quantitative estimate of drug-likeness (QED) is 0.676. The number of carbonyl (C=O) groups is 2. The summed E-state index contributed by atoms with van der Waals surface area (Å²) in [6.45, 7) is 1.46. The first kappa shape index (κ1) is 17.8. The number of benzene rings is 2. The highest BCUT2D eigenvalue weighted by Crippen LogP contribution is 2.18. The molecule has 0 bridgehead atoms. The van der Waals surface area contributed by atoms with Crippen LogP contribution in [0.4, 0.5) is 17.3 Å². The highest BCUT2D eigenvalue weighted by Gasteiger charge is 2.10. The smallest absolute Gasteiger partial charge is 0.258 e. The van der Waals surface area contributed by atoms with E-state index in [1.807, 2.05) is 0 Å². The van der Waals surface area contributed by atoms with Crippen molar-refractivity contribution in [3.05, 3.63) is 77.6 Å². The van der Waals surface area contributed by atoms with E-state index in [0.29, 0.717) is 22.5 Å². The summed E-state index contributed by atoms with van der Waals surface area (Å²) >= 11 is 0. The Balaban J connectivity index is 1.71. The molecule has 2 aromatic carbocycles. The Morgan fingerprint density at radius 3 is 2.44 bits per heavy atom. The molecule has 27 heavy (non-hydrogen) atoms. The van der Waals surface area contributed by atoms with Crippen LogP contribution in [0.25, 0.3) is 0 Å². The number of amides is 1. The number of nitrogens with zero attached hydrogens (tertiary/aromatic N) is 3. The second kappa shape index (κ2) is 7.89. The van der Waals surface area contributed by atoms with E-state index in [4.69, 9.17) is 5.26 Å². The summed E-state index contributed by atoms with van der Waals surface area (Å²) in [5, 5.41) is 14.8. The highest BCUT2D eigenvalue weighted by molar-refractivity contribution is 6.04. The number of ketones is 1. The molecule has 0 aliphatic rings. The molecule has 0 saturated carbocycles. The normalized spacial score (nSPS) is 9.93. The molecular formula is C20H15N5O2. The van der Waals surface area contributed by atoms with Crippen LogP contribution in [-0.4, -0.2) is 21.7 Å². The molecule has 132 valence electrons. The van der Waals surface area contributed by atoms with Gasteiger partial charge in [0.1, 0.15) is 6.07 Å². The minimum absolute atomic E-state index is 0.0810. The summed E-state index contributed by atoms with van der Waals surface area (Å²) in [6, 6.07) is 15.7. The summed E-state index contributed by atoms with van der Waals surface area (Å²) in [4.78, 5) is 32.0. The predicted molar refractivity (Wildman–Crippen MR) is 101 cm³/mol. The molecule has 7 heteroatoms. The molecule has 0 aliphatic heterocycles. The standard InChI is InChI=1S/C20H15N5O2/c1-13(26)14-6-4-7-17(9-14)24-19(27)16-11-22-20(23-12-16)25-18-8-3-2-5-15(18)10-21/h2-9,11-12H,1H3,(H,24,27)(H,22,23,25). The average Bonchev–Trinajstić information content (AvgIpc) is 2.69. The van der Waals surface area contributed by atoms with Crippen molar-refractivity contribution in [2.45, 2.75) is 6.92 Å². The molecule has 0 spiro atoms. The molecule has 1 heterocycles. The topological polar surface area (TPSA) is 108 Å². The van der Waals surface area contributed by atoms with Crippen molar-refractivity contribution in [1.29, 1.82) is 5.26 Å². The SMILES string of the molecule is CC(=O)c1cccc(NC(=O)c2cnc(Nc3ccccc3C#N)nc2)c1. The van der Waals surface area contributed by atoms with Crippen molar-refractivity contribution < 1.29 is 9.59 Å². The number of Topliss-reactive ketones (excluding diaryl/α,β-unsaturated/α-hetero) is 1. The molecule has 1 amide bonds. The van der Waals surface area contributed by atoms with Crippen molar-refractivity contribution in [3.8, 4) is 6.07 Å². The van der Waals surface area contributed by atoms with Gasteiger partial charge < -0.3 is 10.6 Å². The zero-order chi connectivity index (χ0) is 19.2. The van der Waals surface area contributed by atoms with E-state index in [9.17, 15) is 9.59 Å². The van der Waals surface area contributed by atoms with Gasteiger partial charge in [-0.15, -0.1) is 0 Å². The van der Waals surface area contributed by atoms with E-state index >= 15 is 0 Å². The van der Waals surface area contributed by atoms with Gasteiger partial charge in [0.05, 0.1) is 16.8 Å². The molecular weight excluding hydrogens is 342 g/mol. The summed E-state index contributed by atoms with van der Waals surface area (Å²) in [7, 11) is 0. The van der Waals surface area contributed by atoms with Gasteiger partial charge in [-0.3, -0.25) is 9.59 Å². The maximum absolute atomic E-state index is 12.3. The van der Waals surface area contributed by atoms with E-state index in [0.717, 1.165) is 0 Å². The molecule has 0 radical (unpaired) electrons. The van der Waals surface area contributed by atoms with Gasteiger partial charge in [0, 0.05) is 23.6 Å². The first-order valence-corrected chi connectivity index (χ1v) is 8.07. The first-order chi connectivity index (χ1) is 13.1. The fraction of sp³-hybridized carbons (Fsp3) is 0.0500. The molecule has 2 N–H and O–H groups in total. The minimum atomic E-state index is -0.389. The second-order valence-corrected chi connectivity index (χ2v) is 5.67. The van der Waals surface area contributed by atoms with E-state index in [-0.39, 0.29) is 23.2 Å². The zero-order valence-corrected chi connectivity index (χ0v) is 14.4. The summed E-state index contributed by atoms with van der Waals surface area (Å²) in [6.07, 6.45) is 2.77. The van der Waals surface area contributed by atoms with Crippen LogP contribution in [0.3, 0.4) is 0 Å². The van der Waals surface area contributed by atoms with Crippen LogP contribution in [0.5, 0.6) is 0 Å². The zero-order valence-electron chi connectivity index (χ0n) is 14.4. The number of para-hydroxylation sites is 1. The van der Waals surface area contributed by atoms with Crippen molar-refractivity contribution in [2.24, 2.45) is 0 Å². The lowest BCUT2D eigenvalue weighted by Crippen LogP contribution is -2.13. The lowest BCUT2D eigenvalue weighted by atomic mass is 10.1. The van der Waals surface area contributed by atoms with E-state index < -0.39 is 0 Å². The second-order valence-electron chi connectivity index (χ2n) is 5.67. The Bertz CT molecular complexity index is 1040. The molecule has 0 unspecified atom stereocenters. The first-order valence-electron chi connectivity index (χ1n) is 8.07. The fourth-order valence-corrected chi connectivity index (χ4v) is 2.34. The Labute approximate surface area is 155 Å². The molecule has 0 saturated heterocycles. The number of anilines is 3. The van der Waals surface area contributed by atoms with E-state index in [1.54, 1.807) is 48.5 Å². The Kier molecular flexibility index (Phi) is 5.19. The number of aromatic nitrogens is 2. The molecule has 0 fully saturated rings. The number of nitrogens with one attached hydrogen (secondary N) is 2. The molecule has 3 rings (SSSR count). The largest absolute Gasteiger partial charge is 0.323 e. The van der Waals surface area contributed by atoms with Gasteiger partial charge in [-0.25, -0.2) is 9.97 Å². The summed E-state index contributed by atoms with van der Waals surface area (Å²) in [5.41, 5.74) is 2.34. The Morgan fingerprint density at radius 1 is 1.00 bits per heavy atom. The van der Waals surface area contributed by atoms with Gasteiger partial charge >= 0.3 is 0 Å². The Morgan fingerprint density at radius 2 is 1.74 bits per heavy atom. The minimum Gasteiger partial charge on any atom is -0.323 e. The monoisotopic (exact) mass is 357 g/mol. The molecule has 7 nitrogen and oxygen atoms in total. The summed E-state index contributed by atoms with van der Waals surface area (Å²) in [5.74, 6) is -0.199. The maximum Gasteiger partial charge on any atom is 0.258 e. The number of nitriles is 1. The highest BCUT2D eigenvalue weighted by atomic mass is 16.1. The fourth-order valence-electron chi connectivity index (χ4n) is 2.34. The van der Waals surface area contributed by atoms with Crippen molar-refractivity contribution in [2.75, 3.05) is 10.6 Å². The lowest BCUT2D eigenvalue weighted by Gasteiger charge is -2.08. The van der Waals surface area contributed by atoms with Gasteiger partial charge in [-0.05, 0) is 31.2 Å². The molecule has 0 atom stereocenters. The van der Waals surface area contributed by atoms with Gasteiger partial charge in [-0.1, -0.05) is 24.3 Å².